The van der Waals surface area contributed by atoms with Crippen molar-refractivity contribution in [3.8, 4) is 0 Å². The SMILES string of the molecule is CNC[C@@H](CC(=O)N1CCC[C@@H]([C@](O)(CCCCOC)c2cccc(F)c2C)C1)CC1CCCCC1. The molecule has 0 unspecified atom stereocenters. The average molecular weight is 505 g/mol. The number of piperidine rings is 1. The Bertz CT molecular complexity index is 813. The molecule has 1 saturated carbocycles. The van der Waals surface area contributed by atoms with Crippen LogP contribution < -0.4 is 5.32 Å². The van der Waals surface area contributed by atoms with Crippen molar-refractivity contribution < 1.29 is 19.0 Å². The number of hydrogen-bond donors (Lipinski definition) is 2. The summed E-state index contributed by atoms with van der Waals surface area (Å²) in [4.78, 5) is 15.5. The Morgan fingerprint density at radius 1 is 1.22 bits per heavy atom. The van der Waals surface area contributed by atoms with Crippen molar-refractivity contribution >= 4 is 5.91 Å². The van der Waals surface area contributed by atoms with Gasteiger partial charge in [-0.1, -0.05) is 44.2 Å². The average Bonchev–Trinajstić information content (AvgIpc) is 2.89. The van der Waals surface area contributed by atoms with E-state index >= 15 is 0 Å². The molecule has 1 aliphatic carbocycles. The van der Waals surface area contributed by atoms with Crippen molar-refractivity contribution in [1.82, 2.24) is 10.2 Å². The van der Waals surface area contributed by atoms with Crippen LogP contribution in [-0.2, 0) is 15.1 Å². The molecule has 204 valence electrons. The third-order valence-electron chi connectivity index (χ3n) is 8.69. The topological polar surface area (TPSA) is 61.8 Å². The molecular formula is C30H49FN2O3. The number of carbonyl (C=O) groups excluding carboxylic acids is 1. The second kappa shape index (κ2) is 14.4. The number of amides is 1. The van der Waals surface area contributed by atoms with Gasteiger partial charge in [-0.25, -0.2) is 4.39 Å². The number of unbranched alkanes of at least 4 members (excludes halogenated alkanes) is 1. The fraction of sp³-hybridized carbons (Fsp3) is 0.767. The van der Waals surface area contributed by atoms with Gasteiger partial charge in [0.05, 0.1) is 5.60 Å². The lowest BCUT2D eigenvalue weighted by atomic mass is 9.72. The molecule has 2 fully saturated rings. The summed E-state index contributed by atoms with van der Waals surface area (Å²) in [6.45, 7) is 4.54. The van der Waals surface area contributed by atoms with Crippen molar-refractivity contribution in [3.63, 3.8) is 0 Å². The highest BCUT2D eigenvalue weighted by Crippen LogP contribution is 2.42. The first-order valence-electron chi connectivity index (χ1n) is 14.3. The van der Waals surface area contributed by atoms with Gasteiger partial charge in [0.1, 0.15) is 5.82 Å². The van der Waals surface area contributed by atoms with Gasteiger partial charge in [0.25, 0.3) is 0 Å². The van der Waals surface area contributed by atoms with Gasteiger partial charge in [0.2, 0.25) is 5.91 Å². The lowest BCUT2D eigenvalue weighted by Crippen LogP contribution is -2.49. The zero-order valence-electron chi connectivity index (χ0n) is 22.9. The van der Waals surface area contributed by atoms with Crippen LogP contribution in [0, 0.1) is 30.5 Å². The Balaban J connectivity index is 1.72. The Morgan fingerprint density at radius 2 is 2.00 bits per heavy atom. The molecular weight excluding hydrogens is 455 g/mol. The Labute approximate surface area is 218 Å². The first-order chi connectivity index (χ1) is 17.4. The fourth-order valence-electron chi connectivity index (χ4n) is 6.67. The van der Waals surface area contributed by atoms with Gasteiger partial charge in [-0.2, -0.15) is 0 Å². The van der Waals surface area contributed by atoms with Crippen LogP contribution in [0.4, 0.5) is 4.39 Å². The van der Waals surface area contributed by atoms with Crippen LogP contribution >= 0.6 is 0 Å². The molecule has 1 aliphatic heterocycles. The summed E-state index contributed by atoms with van der Waals surface area (Å²) in [5.74, 6) is 0.897. The molecule has 6 heteroatoms. The molecule has 1 heterocycles. The largest absolute Gasteiger partial charge is 0.385 e. The minimum absolute atomic E-state index is 0.112. The monoisotopic (exact) mass is 504 g/mol. The summed E-state index contributed by atoms with van der Waals surface area (Å²) in [6, 6.07) is 5.01. The van der Waals surface area contributed by atoms with E-state index in [0.717, 1.165) is 51.1 Å². The lowest BCUT2D eigenvalue weighted by molar-refractivity contribution is -0.138. The van der Waals surface area contributed by atoms with Gasteiger partial charge in [-0.3, -0.25) is 4.79 Å². The first kappa shape index (κ1) is 29.1. The molecule has 2 N–H and O–H groups in total. The van der Waals surface area contributed by atoms with Crippen LogP contribution in [0.5, 0.6) is 0 Å². The molecule has 1 amide bonds. The Morgan fingerprint density at radius 3 is 2.72 bits per heavy atom. The van der Waals surface area contributed by atoms with E-state index in [1.165, 1.54) is 38.2 Å². The minimum Gasteiger partial charge on any atom is -0.385 e. The Kier molecular flexibility index (Phi) is 11.7. The number of ether oxygens (including phenoxy) is 1. The smallest absolute Gasteiger partial charge is 0.222 e. The van der Waals surface area contributed by atoms with Crippen molar-refractivity contribution in [3.05, 3.63) is 35.1 Å². The second-order valence-electron chi connectivity index (χ2n) is 11.3. The van der Waals surface area contributed by atoms with Crippen molar-refractivity contribution in [2.45, 2.75) is 89.6 Å². The molecule has 3 rings (SSSR count). The predicted octanol–water partition coefficient (Wildman–Crippen LogP) is 5.57. The molecule has 3 atom stereocenters. The summed E-state index contributed by atoms with van der Waals surface area (Å²) in [5.41, 5.74) is 0.0204. The number of halogens is 1. The molecule has 36 heavy (non-hydrogen) atoms. The van der Waals surface area contributed by atoms with E-state index in [9.17, 15) is 14.3 Å². The standard InChI is InChI=1S/C30H49FN2O3/c1-23-27(14-9-15-28(23)31)30(35,16-7-8-18-36-3)26-13-10-17-33(22-26)29(34)20-25(21-32-2)19-24-11-5-4-6-12-24/h9,14-15,24-26,32,35H,4-8,10-13,16-22H2,1-3H3/t25-,26-,30-/m1/s1. The van der Waals surface area contributed by atoms with E-state index in [0.29, 0.717) is 43.0 Å². The van der Waals surface area contributed by atoms with E-state index in [4.69, 9.17) is 4.74 Å². The van der Waals surface area contributed by atoms with Crippen molar-refractivity contribution in [2.24, 2.45) is 17.8 Å². The van der Waals surface area contributed by atoms with E-state index in [2.05, 4.69) is 5.32 Å². The van der Waals surface area contributed by atoms with Gasteiger partial charge in [0, 0.05) is 39.1 Å². The molecule has 1 aromatic rings. The zero-order chi connectivity index (χ0) is 26.0. The highest BCUT2D eigenvalue weighted by molar-refractivity contribution is 5.76. The number of rotatable bonds is 13. The fourth-order valence-corrected chi connectivity index (χ4v) is 6.67. The predicted molar refractivity (Wildman–Crippen MR) is 143 cm³/mol. The molecule has 2 aliphatic rings. The molecule has 0 spiro atoms. The summed E-state index contributed by atoms with van der Waals surface area (Å²) >= 11 is 0. The maximum Gasteiger partial charge on any atom is 0.222 e. The number of nitrogens with one attached hydrogen (secondary N) is 1. The van der Waals surface area contributed by atoms with Crippen LogP contribution in [0.25, 0.3) is 0 Å². The number of nitrogens with zero attached hydrogens (tertiary/aromatic N) is 1. The molecule has 1 saturated heterocycles. The summed E-state index contributed by atoms with van der Waals surface area (Å²) in [6.07, 6.45) is 12.1. The summed E-state index contributed by atoms with van der Waals surface area (Å²) in [5, 5.41) is 15.4. The molecule has 0 radical (unpaired) electrons. The lowest BCUT2D eigenvalue weighted by Gasteiger charge is -2.44. The summed E-state index contributed by atoms with van der Waals surface area (Å²) < 4.78 is 19.7. The highest BCUT2D eigenvalue weighted by atomic mass is 19.1. The number of benzene rings is 1. The zero-order valence-corrected chi connectivity index (χ0v) is 22.9. The molecule has 1 aromatic carbocycles. The molecule has 0 bridgehead atoms. The van der Waals surface area contributed by atoms with Crippen LogP contribution in [0.1, 0.15) is 88.2 Å². The normalized spacial score (nSPS) is 21.8. The van der Waals surface area contributed by atoms with Gasteiger partial charge in [-0.05, 0) is 88.1 Å². The van der Waals surface area contributed by atoms with E-state index in [-0.39, 0.29) is 17.6 Å². The summed E-state index contributed by atoms with van der Waals surface area (Å²) in [7, 11) is 3.66. The number of methoxy groups -OCH3 is 1. The Hall–Kier alpha value is -1.50. The number of aliphatic hydroxyl groups is 1. The number of likely N-dealkylation sites (tertiary alicyclic amines) is 1. The van der Waals surface area contributed by atoms with Gasteiger partial charge in [-0.15, -0.1) is 0 Å². The van der Waals surface area contributed by atoms with Gasteiger partial charge < -0.3 is 20.1 Å². The first-order valence-corrected chi connectivity index (χ1v) is 14.3. The van der Waals surface area contributed by atoms with Crippen LogP contribution in [0.3, 0.4) is 0 Å². The molecule has 0 aromatic heterocycles. The minimum atomic E-state index is -1.16. The maximum atomic E-state index is 14.5. The third kappa shape index (κ3) is 7.75. The van der Waals surface area contributed by atoms with Gasteiger partial charge >= 0.3 is 0 Å². The second-order valence-corrected chi connectivity index (χ2v) is 11.3. The van der Waals surface area contributed by atoms with Crippen LogP contribution in [-0.4, -0.2) is 56.3 Å². The van der Waals surface area contributed by atoms with Gasteiger partial charge in [0.15, 0.2) is 0 Å². The van der Waals surface area contributed by atoms with Crippen LogP contribution in [0.15, 0.2) is 18.2 Å². The van der Waals surface area contributed by atoms with Crippen molar-refractivity contribution in [2.75, 3.05) is 40.4 Å². The number of carbonyl (C=O) groups is 1. The van der Waals surface area contributed by atoms with E-state index < -0.39 is 5.60 Å². The van der Waals surface area contributed by atoms with E-state index in [1.54, 1.807) is 20.1 Å². The van der Waals surface area contributed by atoms with Crippen LogP contribution in [0.2, 0.25) is 0 Å². The maximum absolute atomic E-state index is 14.5. The highest BCUT2D eigenvalue weighted by Gasteiger charge is 2.42. The third-order valence-corrected chi connectivity index (χ3v) is 8.69. The number of hydrogen-bond acceptors (Lipinski definition) is 4. The quantitative estimate of drug-likeness (QED) is 0.345. The molecule has 5 nitrogen and oxygen atoms in total. The van der Waals surface area contributed by atoms with Crippen molar-refractivity contribution in [1.29, 1.82) is 0 Å². The van der Waals surface area contributed by atoms with E-state index in [1.807, 2.05) is 18.0 Å².